The van der Waals surface area contributed by atoms with Gasteiger partial charge in [0.1, 0.15) is 5.28 Å². The van der Waals surface area contributed by atoms with Gasteiger partial charge in [0.05, 0.1) is 5.56 Å². The van der Waals surface area contributed by atoms with Gasteiger partial charge in [-0.3, -0.25) is 4.57 Å². The Morgan fingerprint density at radius 3 is 1.87 bits per heavy atom. The molecule has 6 heteroatoms. The highest BCUT2D eigenvalue weighted by Crippen LogP contribution is 2.33. The van der Waals surface area contributed by atoms with Crippen molar-refractivity contribution in [3.05, 3.63) is 35.4 Å². The lowest BCUT2D eigenvalue weighted by molar-refractivity contribution is -0.137. The molecule has 0 bridgehead atoms. The van der Waals surface area contributed by atoms with Crippen LogP contribution >= 0.6 is 8.46 Å². The van der Waals surface area contributed by atoms with E-state index in [1.165, 1.54) is 19.1 Å². The highest BCUT2D eigenvalue weighted by atomic mass is 31.1. The molecule has 2 nitrogen and oxygen atoms in total. The molecule has 1 atom stereocenters. The molecule has 0 unspecified atom stereocenters. The Hall–Kier alpha value is -0.930. The van der Waals surface area contributed by atoms with E-state index in [0.29, 0.717) is 5.56 Å². The molecule has 0 aliphatic carbocycles. The van der Waals surface area contributed by atoms with Crippen LogP contribution in [0, 0.1) is 0 Å². The fourth-order valence-corrected chi connectivity index (χ4v) is 1.30. The summed E-state index contributed by atoms with van der Waals surface area (Å²) in [5, 5.41) is -1.15. The molecular formula is C9H9F3NOP. The fraction of sp³-hybridized carbons (Fsp3) is 0.333. The smallest absolute Gasteiger partial charge is 0.312 e. The van der Waals surface area contributed by atoms with Gasteiger partial charge in [-0.25, -0.2) is 0 Å². The molecule has 0 spiro atoms. The average molecular weight is 235 g/mol. The second kappa shape index (κ2) is 3.91. The van der Waals surface area contributed by atoms with Crippen molar-refractivity contribution in [2.45, 2.75) is 18.4 Å². The number of halogens is 3. The maximum Gasteiger partial charge on any atom is 0.416 e. The van der Waals surface area contributed by atoms with Crippen LogP contribution in [-0.2, 0) is 16.0 Å². The van der Waals surface area contributed by atoms with Gasteiger partial charge in [-0.2, -0.15) is 13.2 Å². The van der Waals surface area contributed by atoms with Crippen LogP contribution in [0.5, 0.6) is 0 Å². The van der Waals surface area contributed by atoms with Gasteiger partial charge < -0.3 is 5.73 Å². The van der Waals surface area contributed by atoms with E-state index in [9.17, 15) is 17.7 Å². The third-order valence-electron chi connectivity index (χ3n) is 1.99. The summed E-state index contributed by atoms with van der Waals surface area (Å²) < 4.78 is 47.3. The molecule has 1 aromatic carbocycles. The largest absolute Gasteiger partial charge is 0.416 e. The zero-order chi connectivity index (χ0) is 11.7. The first kappa shape index (κ1) is 12.1. The average Bonchev–Trinajstić information content (AvgIpc) is 2.17. The van der Waals surface area contributed by atoms with E-state index in [4.69, 9.17) is 5.73 Å². The van der Waals surface area contributed by atoms with E-state index in [1.807, 2.05) is 0 Å². The van der Waals surface area contributed by atoms with E-state index in [0.717, 1.165) is 12.1 Å². The van der Waals surface area contributed by atoms with Crippen LogP contribution in [0.4, 0.5) is 13.2 Å². The predicted octanol–water partition coefficient (Wildman–Crippen LogP) is 3.13. The molecule has 1 aromatic rings. The first-order chi connectivity index (χ1) is 6.77. The minimum absolute atomic E-state index is 0.334. The Labute approximate surface area is 86.5 Å². The number of benzene rings is 1. The van der Waals surface area contributed by atoms with Crippen molar-refractivity contribution in [1.29, 1.82) is 0 Å². The molecule has 0 saturated carbocycles. The van der Waals surface area contributed by atoms with E-state index in [-0.39, 0.29) is 8.46 Å². The molecule has 0 heterocycles. The summed E-state index contributed by atoms with van der Waals surface area (Å²) in [6, 6.07) is 4.30. The Bertz CT molecular complexity index is 359. The van der Waals surface area contributed by atoms with Crippen LogP contribution in [0.25, 0.3) is 0 Å². The number of rotatable bonds is 2. The molecular weight excluding hydrogens is 226 g/mol. The lowest BCUT2D eigenvalue weighted by atomic mass is 10.1. The summed E-state index contributed by atoms with van der Waals surface area (Å²) in [4.78, 5) is 0. The van der Waals surface area contributed by atoms with Crippen LogP contribution < -0.4 is 5.73 Å². The van der Waals surface area contributed by atoms with Gasteiger partial charge in [-0.15, -0.1) is 0 Å². The minimum atomic E-state index is -4.36. The number of hydrogen-bond acceptors (Lipinski definition) is 2. The van der Waals surface area contributed by atoms with Crippen molar-refractivity contribution < 1.29 is 17.7 Å². The molecule has 0 fully saturated rings. The van der Waals surface area contributed by atoms with Gasteiger partial charge in [-0.1, -0.05) is 12.1 Å². The van der Waals surface area contributed by atoms with Crippen molar-refractivity contribution in [2.24, 2.45) is 5.73 Å². The zero-order valence-corrected chi connectivity index (χ0v) is 8.77. The second-order valence-electron chi connectivity index (χ2n) is 3.31. The quantitative estimate of drug-likeness (QED) is 0.800. The first-order valence-corrected chi connectivity index (χ1v) is 4.90. The Morgan fingerprint density at radius 1 is 1.13 bits per heavy atom. The van der Waals surface area contributed by atoms with Crippen LogP contribution in [0.2, 0.25) is 0 Å². The number of nitrogens with two attached hydrogens (primary N) is 1. The number of alkyl halides is 3. The van der Waals surface area contributed by atoms with Crippen LogP contribution in [0.15, 0.2) is 24.3 Å². The van der Waals surface area contributed by atoms with E-state index < -0.39 is 17.0 Å². The third kappa shape index (κ3) is 2.76. The summed E-state index contributed by atoms with van der Waals surface area (Å²) in [6.45, 7) is 1.48. The molecule has 15 heavy (non-hydrogen) atoms. The normalized spacial score (nSPS) is 16.3. The second-order valence-corrected chi connectivity index (χ2v) is 4.43. The summed E-state index contributed by atoms with van der Waals surface area (Å²) in [5.41, 5.74) is 5.24. The van der Waals surface area contributed by atoms with Gasteiger partial charge in [0.2, 0.25) is 0 Å². The van der Waals surface area contributed by atoms with Crippen LogP contribution in [0.3, 0.4) is 0 Å². The van der Waals surface area contributed by atoms with Gasteiger partial charge in [-0.05, 0) is 24.6 Å². The molecule has 0 aliphatic heterocycles. The molecule has 2 N–H and O–H groups in total. The summed E-state index contributed by atoms with van der Waals surface area (Å²) in [5.74, 6) is 0. The molecule has 0 amide bonds. The highest BCUT2D eigenvalue weighted by Gasteiger charge is 2.31. The number of hydrogen-bond donors (Lipinski definition) is 1. The molecule has 0 saturated heterocycles. The molecule has 82 valence electrons. The molecule has 0 aliphatic rings. The van der Waals surface area contributed by atoms with E-state index in [2.05, 4.69) is 0 Å². The van der Waals surface area contributed by atoms with E-state index in [1.54, 1.807) is 0 Å². The Kier molecular flexibility index (Phi) is 3.16. The van der Waals surface area contributed by atoms with Crippen molar-refractivity contribution in [2.75, 3.05) is 0 Å². The first-order valence-electron chi connectivity index (χ1n) is 4.08. The Balaban J connectivity index is 3.06. The van der Waals surface area contributed by atoms with Gasteiger partial charge in [0, 0.05) is 0 Å². The maximum atomic E-state index is 12.2. The Morgan fingerprint density at radius 2 is 1.53 bits per heavy atom. The van der Waals surface area contributed by atoms with Crippen LogP contribution in [0.1, 0.15) is 18.1 Å². The topological polar surface area (TPSA) is 43.1 Å². The third-order valence-corrected chi connectivity index (χ3v) is 2.62. The van der Waals surface area contributed by atoms with Crippen molar-refractivity contribution >= 4 is 8.46 Å². The predicted molar refractivity (Wildman–Crippen MR) is 50.6 cm³/mol. The lowest BCUT2D eigenvalue weighted by Gasteiger charge is -2.16. The molecule has 0 aromatic heterocycles. The highest BCUT2D eigenvalue weighted by molar-refractivity contribution is 7.25. The molecule has 1 rings (SSSR count). The van der Waals surface area contributed by atoms with Gasteiger partial charge >= 0.3 is 6.18 Å². The maximum absolute atomic E-state index is 12.2. The van der Waals surface area contributed by atoms with E-state index >= 15 is 0 Å². The van der Waals surface area contributed by atoms with Gasteiger partial charge in [0.25, 0.3) is 0 Å². The van der Waals surface area contributed by atoms with Crippen LogP contribution in [-0.4, -0.2) is 0 Å². The monoisotopic (exact) mass is 235 g/mol. The van der Waals surface area contributed by atoms with Gasteiger partial charge in [0.15, 0.2) is 8.46 Å². The standard InChI is InChI=1S/C9H9F3NOP/c1-8(13,15-14)6-2-4-7(5-3-6)9(10,11)12/h2-5H,13H2,1H3/t8-/m1/s1. The van der Waals surface area contributed by atoms with Crippen molar-refractivity contribution in [3.8, 4) is 0 Å². The summed E-state index contributed by atoms with van der Waals surface area (Å²) in [6.07, 6.45) is -4.36. The van der Waals surface area contributed by atoms with Crippen molar-refractivity contribution in [1.82, 2.24) is 0 Å². The fourth-order valence-electron chi connectivity index (χ4n) is 1.05. The lowest BCUT2D eigenvalue weighted by Crippen LogP contribution is -2.25. The minimum Gasteiger partial charge on any atom is -0.312 e. The zero-order valence-electron chi connectivity index (χ0n) is 7.88. The SMILES string of the molecule is C[C@@](N)(P=O)c1ccc(C(F)(F)F)cc1. The summed E-state index contributed by atoms with van der Waals surface area (Å²) >= 11 is 0. The summed E-state index contributed by atoms with van der Waals surface area (Å²) in [7, 11) is -0.334. The van der Waals surface area contributed by atoms with Crippen molar-refractivity contribution in [3.63, 3.8) is 0 Å². The molecule has 0 radical (unpaired) electrons.